The largest absolute Gasteiger partial charge is 0.497 e. The number of rotatable bonds is 10. The Morgan fingerprint density at radius 3 is 2.50 bits per heavy atom. The molecule has 1 aliphatic carbocycles. The van der Waals surface area contributed by atoms with E-state index in [1.807, 2.05) is 31.2 Å². The van der Waals surface area contributed by atoms with Gasteiger partial charge in [-0.1, -0.05) is 43.5 Å². The average Bonchev–Trinajstić information content (AvgIpc) is 3.31. The zero-order valence-electron chi connectivity index (χ0n) is 18.7. The summed E-state index contributed by atoms with van der Waals surface area (Å²) in [6, 6.07) is 14.0. The van der Waals surface area contributed by atoms with Crippen LogP contribution in [0.1, 0.15) is 44.6 Å². The monoisotopic (exact) mass is 458 g/mol. The second-order valence-corrected chi connectivity index (χ2v) is 8.47. The van der Waals surface area contributed by atoms with Gasteiger partial charge in [-0.05, 0) is 61.2 Å². The Kier molecular flexibility index (Phi) is 8.80. The second-order valence-electron chi connectivity index (χ2n) is 8.03. The number of hydrogen-bond donors (Lipinski definition) is 1. The summed E-state index contributed by atoms with van der Waals surface area (Å²) in [5, 5.41) is 3.74. The van der Waals surface area contributed by atoms with E-state index in [2.05, 4.69) is 5.32 Å². The van der Waals surface area contributed by atoms with Gasteiger partial charge in [0.25, 0.3) is 5.91 Å². The van der Waals surface area contributed by atoms with Gasteiger partial charge < -0.3 is 19.7 Å². The van der Waals surface area contributed by atoms with Crippen molar-refractivity contribution in [3.63, 3.8) is 0 Å². The molecule has 32 heavy (non-hydrogen) atoms. The van der Waals surface area contributed by atoms with Crippen LogP contribution in [0.25, 0.3) is 0 Å². The van der Waals surface area contributed by atoms with Crippen LogP contribution in [0.2, 0.25) is 5.02 Å². The standard InChI is InChI=1S/C25H31ClN2O4/c1-3-23(25(30)27-20-8-4-5-9-20)28(16-18-7-6-10-22(15-18)31-2)24(29)17-32-21-13-11-19(26)12-14-21/h6-7,10-15,20,23H,3-5,8-9,16-17H2,1-2H3,(H,27,30)/t23-/m0/s1. The molecule has 1 fully saturated rings. The number of methoxy groups -OCH3 is 1. The van der Waals surface area contributed by atoms with Gasteiger partial charge >= 0.3 is 0 Å². The van der Waals surface area contributed by atoms with Gasteiger partial charge in [0.2, 0.25) is 5.91 Å². The number of carbonyl (C=O) groups is 2. The van der Waals surface area contributed by atoms with Crippen LogP contribution in [0, 0.1) is 0 Å². The molecule has 1 aliphatic rings. The second kappa shape index (κ2) is 11.8. The third kappa shape index (κ3) is 6.63. The molecule has 2 aromatic carbocycles. The fraction of sp³-hybridized carbons (Fsp3) is 0.440. The molecule has 0 unspecified atom stereocenters. The maximum Gasteiger partial charge on any atom is 0.261 e. The van der Waals surface area contributed by atoms with Crippen LogP contribution in [-0.2, 0) is 16.1 Å². The molecule has 1 N–H and O–H groups in total. The Balaban J connectivity index is 1.76. The lowest BCUT2D eigenvalue weighted by Gasteiger charge is -2.31. The summed E-state index contributed by atoms with van der Waals surface area (Å²) >= 11 is 5.92. The first-order valence-corrected chi connectivity index (χ1v) is 11.5. The molecule has 1 saturated carbocycles. The Labute approximate surface area is 194 Å². The molecule has 172 valence electrons. The first-order chi connectivity index (χ1) is 15.5. The highest BCUT2D eigenvalue weighted by molar-refractivity contribution is 6.30. The van der Waals surface area contributed by atoms with E-state index < -0.39 is 6.04 Å². The van der Waals surface area contributed by atoms with E-state index in [9.17, 15) is 9.59 Å². The van der Waals surface area contributed by atoms with Gasteiger partial charge in [0.15, 0.2) is 6.61 Å². The molecule has 3 rings (SSSR count). The van der Waals surface area contributed by atoms with Gasteiger partial charge in [-0.25, -0.2) is 0 Å². The number of nitrogens with zero attached hydrogens (tertiary/aromatic N) is 1. The van der Waals surface area contributed by atoms with Crippen LogP contribution in [0.3, 0.4) is 0 Å². The Bertz CT molecular complexity index is 897. The van der Waals surface area contributed by atoms with Gasteiger partial charge in [0.1, 0.15) is 17.5 Å². The molecule has 0 aromatic heterocycles. The summed E-state index contributed by atoms with van der Waals surface area (Å²) in [4.78, 5) is 28.0. The molecule has 7 heteroatoms. The topological polar surface area (TPSA) is 67.9 Å². The number of carbonyl (C=O) groups excluding carboxylic acids is 2. The molecule has 2 amide bonds. The van der Waals surface area contributed by atoms with E-state index in [1.54, 1.807) is 36.3 Å². The summed E-state index contributed by atoms with van der Waals surface area (Å²) in [5.41, 5.74) is 0.885. The highest BCUT2D eigenvalue weighted by Crippen LogP contribution is 2.21. The summed E-state index contributed by atoms with van der Waals surface area (Å²) in [7, 11) is 1.60. The number of nitrogens with one attached hydrogen (secondary N) is 1. The molecule has 0 saturated heterocycles. The van der Waals surface area contributed by atoms with Gasteiger partial charge in [-0.3, -0.25) is 9.59 Å². The van der Waals surface area contributed by atoms with Crippen molar-refractivity contribution in [2.75, 3.05) is 13.7 Å². The lowest BCUT2D eigenvalue weighted by atomic mass is 10.1. The van der Waals surface area contributed by atoms with Crippen molar-refractivity contribution >= 4 is 23.4 Å². The van der Waals surface area contributed by atoms with Crippen LogP contribution < -0.4 is 14.8 Å². The van der Waals surface area contributed by atoms with Crippen LogP contribution in [0.5, 0.6) is 11.5 Å². The van der Waals surface area contributed by atoms with E-state index in [1.165, 1.54) is 0 Å². The molecule has 0 heterocycles. The third-order valence-electron chi connectivity index (χ3n) is 5.75. The molecular weight excluding hydrogens is 428 g/mol. The predicted molar refractivity (Wildman–Crippen MR) is 125 cm³/mol. The fourth-order valence-corrected chi connectivity index (χ4v) is 4.14. The van der Waals surface area contributed by atoms with E-state index in [-0.39, 0.29) is 31.0 Å². The summed E-state index contributed by atoms with van der Waals surface area (Å²) in [6.07, 6.45) is 4.75. The zero-order valence-corrected chi connectivity index (χ0v) is 19.4. The number of amides is 2. The molecule has 0 spiro atoms. The van der Waals surface area contributed by atoms with Gasteiger partial charge in [0.05, 0.1) is 7.11 Å². The normalized spacial score (nSPS) is 14.6. The summed E-state index contributed by atoms with van der Waals surface area (Å²) < 4.78 is 11.0. The van der Waals surface area contributed by atoms with Gasteiger partial charge in [0, 0.05) is 17.6 Å². The third-order valence-corrected chi connectivity index (χ3v) is 6.00. The minimum atomic E-state index is -0.580. The quantitative estimate of drug-likeness (QED) is 0.565. The highest BCUT2D eigenvalue weighted by atomic mass is 35.5. The van der Waals surface area contributed by atoms with Crippen molar-refractivity contribution in [1.29, 1.82) is 0 Å². The SMILES string of the molecule is CC[C@@H](C(=O)NC1CCCC1)N(Cc1cccc(OC)c1)C(=O)COc1ccc(Cl)cc1. The van der Waals surface area contributed by atoms with Crippen LogP contribution in [0.15, 0.2) is 48.5 Å². The van der Waals surface area contributed by atoms with E-state index >= 15 is 0 Å². The maximum absolute atomic E-state index is 13.2. The first kappa shape index (κ1) is 23.9. The highest BCUT2D eigenvalue weighted by Gasteiger charge is 2.30. The lowest BCUT2D eigenvalue weighted by molar-refractivity contribution is -0.143. The minimum absolute atomic E-state index is 0.109. The Morgan fingerprint density at radius 1 is 1.12 bits per heavy atom. The van der Waals surface area contributed by atoms with E-state index in [4.69, 9.17) is 21.1 Å². The summed E-state index contributed by atoms with van der Waals surface area (Å²) in [6.45, 7) is 2.04. The maximum atomic E-state index is 13.2. The molecule has 0 bridgehead atoms. The zero-order chi connectivity index (χ0) is 22.9. The molecule has 1 atom stereocenters. The molecule has 6 nitrogen and oxygen atoms in total. The van der Waals surface area contributed by atoms with Crippen LogP contribution >= 0.6 is 11.6 Å². The van der Waals surface area contributed by atoms with Crippen molar-refractivity contribution < 1.29 is 19.1 Å². The average molecular weight is 459 g/mol. The first-order valence-electron chi connectivity index (χ1n) is 11.1. The molecular formula is C25H31ClN2O4. The number of benzene rings is 2. The molecule has 0 radical (unpaired) electrons. The minimum Gasteiger partial charge on any atom is -0.497 e. The predicted octanol–water partition coefficient (Wildman–Crippen LogP) is 4.59. The number of ether oxygens (including phenoxy) is 2. The molecule has 0 aliphatic heterocycles. The van der Waals surface area contributed by atoms with Gasteiger partial charge in [-0.15, -0.1) is 0 Å². The van der Waals surface area contributed by atoms with Crippen molar-refractivity contribution in [2.45, 2.75) is 57.7 Å². The van der Waals surface area contributed by atoms with Crippen molar-refractivity contribution in [2.24, 2.45) is 0 Å². The van der Waals surface area contributed by atoms with Crippen molar-refractivity contribution in [3.8, 4) is 11.5 Å². The Morgan fingerprint density at radius 2 is 1.84 bits per heavy atom. The van der Waals surface area contributed by atoms with Gasteiger partial charge in [-0.2, -0.15) is 0 Å². The number of hydrogen-bond acceptors (Lipinski definition) is 4. The summed E-state index contributed by atoms with van der Waals surface area (Å²) in [5.74, 6) is 0.890. The van der Waals surface area contributed by atoms with E-state index in [0.717, 1.165) is 31.2 Å². The van der Waals surface area contributed by atoms with Crippen molar-refractivity contribution in [3.05, 3.63) is 59.1 Å². The fourth-order valence-electron chi connectivity index (χ4n) is 4.01. The molecule has 2 aromatic rings. The van der Waals surface area contributed by atoms with E-state index in [0.29, 0.717) is 22.9 Å². The lowest BCUT2D eigenvalue weighted by Crippen LogP contribution is -2.52. The van der Waals surface area contributed by atoms with Crippen molar-refractivity contribution in [1.82, 2.24) is 10.2 Å². The van der Waals surface area contributed by atoms with Crippen LogP contribution in [0.4, 0.5) is 0 Å². The van der Waals surface area contributed by atoms with Crippen LogP contribution in [-0.4, -0.2) is 42.5 Å². The Hall–Kier alpha value is -2.73. The smallest absolute Gasteiger partial charge is 0.261 e. The number of halogens is 1.